The summed E-state index contributed by atoms with van der Waals surface area (Å²) in [6, 6.07) is 12.7. The summed E-state index contributed by atoms with van der Waals surface area (Å²) in [6.45, 7) is 2.93. The van der Waals surface area contributed by atoms with Gasteiger partial charge in [0.05, 0.1) is 0 Å². The molecule has 0 spiro atoms. The van der Waals surface area contributed by atoms with Crippen molar-refractivity contribution in [3.63, 3.8) is 0 Å². The molecule has 4 heterocycles. The number of fused-ring (bicyclic) bond motifs is 3. The molecule has 0 unspecified atom stereocenters. The Hall–Kier alpha value is -2.36. The molecule has 0 saturated heterocycles. The van der Waals surface area contributed by atoms with E-state index in [2.05, 4.69) is 36.1 Å². The standard InChI is InChI=1S/C20H17N3OSe/c1-13-8-9-15(18-14(13)5-4-12-24-18)23-19-16(6-2-10-21-19)25-17-7-3-11-22-20(17)23/h2-3,6-11H,4-5,12H2,1H3. The molecule has 0 radical (unpaired) electrons. The second-order valence-electron chi connectivity index (χ2n) is 6.25. The van der Waals surface area contributed by atoms with E-state index in [1.165, 1.54) is 20.1 Å². The molecule has 0 atom stereocenters. The molecule has 0 N–H and O–H groups in total. The number of anilines is 3. The number of rotatable bonds is 1. The van der Waals surface area contributed by atoms with E-state index in [-0.39, 0.29) is 15.0 Å². The molecule has 0 amide bonds. The van der Waals surface area contributed by atoms with Gasteiger partial charge in [-0.1, -0.05) is 0 Å². The van der Waals surface area contributed by atoms with Gasteiger partial charge in [-0.2, -0.15) is 0 Å². The van der Waals surface area contributed by atoms with E-state index in [1.54, 1.807) is 0 Å². The van der Waals surface area contributed by atoms with Crippen molar-refractivity contribution in [2.75, 3.05) is 11.5 Å². The van der Waals surface area contributed by atoms with E-state index in [0.29, 0.717) is 0 Å². The maximum absolute atomic E-state index is 6.13. The van der Waals surface area contributed by atoms with Crippen molar-refractivity contribution in [1.82, 2.24) is 9.97 Å². The van der Waals surface area contributed by atoms with Crippen LogP contribution in [0.1, 0.15) is 17.5 Å². The first kappa shape index (κ1) is 14.9. The fourth-order valence-corrected chi connectivity index (χ4v) is 5.59. The summed E-state index contributed by atoms with van der Waals surface area (Å²) in [5.41, 5.74) is 3.66. The number of aryl methyl sites for hydroxylation is 1. The second-order valence-corrected chi connectivity index (χ2v) is 8.52. The van der Waals surface area contributed by atoms with E-state index >= 15 is 0 Å². The molecular weight excluding hydrogens is 377 g/mol. The number of pyridine rings is 2. The molecule has 25 heavy (non-hydrogen) atoms. The van der Waals surface area contributed by atoms with Crippen molar-refractivity contribution >= 4 is 41.2 Å². The van der Waals surface area contributed by atoms with Crippen LogP contribution < -0.4 is 18.6 Å². The van der Waals surface area contributed by atoms with Gasteiger partial charge in [0.1, 0.15) is 0 Å². The van der Waals surface area contributed by atoms with Crippen molar-refractivity contribution in [1.29, 1.82) is 0 Å². The summed E-state index contributed by atoms with van der Waals surface area (Å²) in [7, 11) is 0. The Morgan fingerprint density at radius 3 is 2.44 bits per heavy atom. The first-order valence-electron chi connectivity index (χ1n) is 8.46. The molecule has 4 nitrogen and oxygen atoms in total. The minimum atomic E-state index is 0.218. The van der Waals surface area contributed by atoms with Gasteiger partial charge in [0, 0.05) is 0 Å². The number of aromatic nitrogens is 2. The van der Waals surface area contributed by atoms with Gasteiger partial charge >= 0.3 is 153 Å². The summed E-state index contributed by atoms with van der Waals surface area (Å²) < 4.78 is 8.68. The van der Waals surface area contributed by atoms with Crippen LogP contribution in [0, 0.1) is 6.92 Å². The molecule has 2 aromatic heterocycles. The van der Waals surface area contributed by atoms with Gasteiger partial charge in [0.15, 0.2) is 0 Å². The fraction of sp³-hybridized carbons (Fsp3) is 0.200. The molecule has 0 fully saturated rings. The second kappa shape index (κ2) is 5.87. The summed E-state index contributed by atoms with van der Waals surface area (Å²) in [6.07, 6.45) is 5.86. The number of benzene rings is 1. The van der Waals surface area contributed by atoms with Gasteiger partial charge in [-0.25, -0.2) is 0 Å². The molecule has 5 heteroatoms. The number of hydrogen-bond acceptors (Lipinski definition) is 4. The predicted molar refractivity (Wildman–Crippen MR) is 100 cm³/mol. The zero-order valence-electron chi connectivity index (χ0n) is 13.9. The zero-order chi connectivity index (χ0) is 16.8. The van der Waals surface area contributed by atoms with Gasteiger partial charge in [0.25, 0.3) is 0 Å². The van der Waals surface area contributed by atoms with Crippen LogP contribution in [0.2, 0.25) is 0 Å². The SMILES string of the molecule is Cc1ccc(N2c3ncccc3[Se]c3cccnc32)c2c1CCCO2. The third-order valence-corrected chi connectivity index (χ3v) is 6.94. The first-order chi connectivity index (χ1) is 12.3. The Morgan fingerprint density at radius 2 is 1.72 bits per heavy atom. The first-order valence-corrected chi connectivity index (χ1v) is 10.2. The van der Waals surface area contributed by atoms with Crippen LogP contribution in [0.15, 0.2) is 48.8 Å². The third kappa shape index (κ3) is 2.35. The van der Waals surface area contributed by atoms with Crippen LogP contribution in [0.5, 0.6) is 5.75 Å². The Bertz CT molecular complexity index is 927. The van der Waals surface area contributed by atoms with Crippen molar-refractivity contribution in [3.8, 4) is 5.75 Å². The molecule has 2 aliphatic heterocycles. The molecule has 1 aromatic carbocycles. The van der Waals surface area contributed by atoms with Gasteiger partial charge < -0.3 is 0 Å². The van der Waals surface area contributed by atoms with Gasteiger partial charge in [-0.15, -0.1) is 0 Å². The van der Waals surface area contributed by atoms with E-state index in [0.717, 1.165) is 42.5 Å². The minimum absolute atomic E-state index is 0.218. The zero-order valence-corrected chi connectivity index (χ0v) is 15.6. The van der Waals surface area contributed by atoms with E-state index < -0.39 is 0 Å². The monoisotopic (exact) mass is 395 g/mol. The molecule has 5 rings (SSSR count). The quantitative estimate of drug-likeness (QED) is 0.465. The third-order valence-electron chi connectivity index (χ3n) is 4.68. The molecular formula is C20H17N3OSe. The van der Waals surface area contributed by atoms with Crippen molar-refractivity contribution in [3.05, 3.63) is 59.9 Å². The van der Waals surface area contributed by atoms with E-state index in [4.69, 9.17) is 14.7 Å². The van der Waals surface area contributed by atoms with Crippen molar-refractivity contribution < 1.29 is 4.74 Å². The summed E-state index contributed by atoms with van der Waals surface area (Å²) in [5, 5.41) is 0. The van der Waals surface area contributed by atoms with E-state index in [1.807, 2.05) is 24.5 Å². The molecule has 124 valence electrons. The molecule has 2 aliphatic rings. The molecule has 0 aliphatic carbocycles. The average Bonchev–Trinajstić information content (AvgIpc) is 2.67. The predicted octanol–water partition coefficient (Wildman–Crippen LogP) is 2.55. The molecule has 0 saturated carbocycles. The normalized spacial score (nSPS) is 15.0. The average molecular weight is 394 g/mol. The van der Waals surface area contributed by atoms with Crippen molar-refractivity contribution in [2.24, 2.45) is 0 Å². The maximum atomic E-state index is 6.13. The topological polar surface area (TPSA) is 38.2 Å². The number of ether oxygens (including phenoxy) is 1. The molecule has 0 bridgehead atoms. The van der Waals surface area contributed by atoms with Crippen LogP contribution in [0.3, 0.4) is 0 Å². The van der Waals surface area contributed by atoms with Gasteiger partial charge in [-0.05, 0) is 0 Å². The van der Waals surface area contributed by atoms with Crippen LogP contribution >= 0.6 is 0 Å². The van der Waals surface area contributed by atoms with Crippen LogP contribution in [-0.4, -0.2) is 31.5 Å². The fourth-order valence-electron chi connectivity index (χ4n) is 3.49. The summed E-state index contributed by atoms with van der Waals surface area (Å²) in [4.78, 5) is 11.6. The Kier molecular flexibility index (Phi) is 3.51. The Labute approximate surface area is 153 Å². The summed E-state index contributed by atoms with van der Waals surface area (Å²) >= 11 is 0.218. The van der Waals surface area contributed by atoms with E-state index in [9.17, 15) is 0 Å². The summed E-state index contributed by atoms with van der Waals surface area (Å²) in [5.74, 6) is 2.96. The van der Waals surface area contributed by atoms with Crippen LogP contribution in [-0.2, 0) is 6.42 Å². The Balaban J connectivity index is 1.78. The van der Waals surface area contributed by atoms with Gasteiger partial charge in [0.2, 0.25) is 0 Å². The van der Waals surface area contributed by atoms with Crippen molar-refractivity contribution in [2.45, 2.75) is 19.8 Å². The van der Waals surface area contributed by atoms with Crippen LogP contribution in [0.25, 0.3) is 0 Å². The number of nitrogens with zero attached hydrogens (tertiary/aromatic N) is 3. The van der Waals surface area contributed by atoms with Gasteiger partial charge in [-0.3, -0.25) is 0 Å². The van der Waals surface area contributed by atoms with Crippen LogP contribution in [0.4, 0.5) is 17.3 Å². The number of hydrogen-bond donors (Lipinski definition) is 0. The molecule has 3 aromatic rings. The Morgan fingerprint density at radius 1 is 1.00 bits per heavy atom.